The first-order chi connectivity index (χ1) is 5.68. The molecule has 4 unspecified atom stereocenters. The fraction of sp³-hybridized carbons (Fsp3) is 1.00. The van der Waals surface area contributed by atoms with Crippen LogP contribution in [0.4, 0.5) is 0 Å². The summed E-state index contributed by atoms with van der Waals surface area (Å²) in [7, 11) is 0. The monoisotopic (exact) mass is 294 g/mol. The number of halogens is 2. The van der Waals surface area contributed by atoms with Crippen molar-refractivity contribution < 1.29 is 4.74 Å². The maximum absolute atomic E-state index is 5.97. The molecule has 3 rings (SSSR count). The third-order valence-electron chi connectivity index (χ3n) is 3.78. The summed E-state index contributed by atoms with van der Waals surface area (Å²) in [5.41, 5.74) is 0.622. The van der Waals surface area contributed by atoms with Gasteiger partial charge in [0.15, 0.2) is 0 Å². The summed E-state index contributed by atoms with van der Waals surface area (Å²) in [4.78, 5) is 1.23. The molecule has 12 heavy (non-hydrogen) atoms. The first kappa shape index (κ1) is 8.25. The molecule has 0 aromatic carbocycles. The first-order valence-electron chi connectivity index (χ1n) is 4.66. The molecule has 0 aromatic heterocycles. The number of hydrogen-bond acceptors (Lipinski definition) is 1. The minimum Gasteiger partial charge on any atom is -0.362 e. The van der Waals surface area contributed by atoms with E-state index in [2.05, 4.69) is 31.9 Å². The average Bonchev–Trinajstić information content (AvgIpc) is 2.47. The number of hydrogen-bond donors (Lipinski definition) is 0. The molecule has 3 heteroatoms. The van der Waals surface area contributed by atoms with Crippen molar-refractivity contribution in [3.8, 4) is 0 Å². The second-order valence-electron chi connectivity index (χ2n) is 4.38. The van der Waals surface area contributed by atoms with Crippen LogP contribution in [0.15, 0.2) is 0 Å². The lowest BCUT2D eigenvalue weighted by Gasteiger charge is -2.27. The minimum absolute atomic E-state index is 0.311. The van der Waals surface area contributed by atoms with Gasteiger partial charge in [-0.2, -0.15) is 0 Å². The lowest BCUT2D eigenvalue weighted by molar-refractivity contribution is 0.218. The van der Waals surface area contributed by atoms with E-state index in [-0.39, 0.29) is 0 Å². The summed E-state index contributed by atoms with van der Waals surface area (Å²) in [6, 6.07) is 0. The fourth-order valence-corrected chi connectivity index (χ4v) is 4.53. The Balaban J connectivity index is 1.90. The van der Waals surface area contributed by atoms with Gasteiger partial charge in [-0.15, -0.1) is 0 Å². The molecule has 1 nitrogen and oxygen atoms in total. The summed E-state index contributed by atoms with van der Waals surface area (Å²) in [6.45, 7) is 0. The van der Waals surface area contributed by atoms with Gasteiger partial charge in [0.1, 0.15) is 0 Å². The molecule has 4 atom stereocenters. The van der Waals surface area contributed by atoms with Crippen molar-refractivity contribution in [2.45, 2.75) is 53.0 Å². The van der Waals surface area contributed by atoms with Crippen molar-refractivity contribution >= 4 is 31.9 Å². The molecule has 1 saturated heterocycles. The van der Waals surface area contributed by atoms with Gasteiger partial charge < -0.3 is 4.74 Å². The molecular weight excluding hydrogens is 284 g/mol. The molecule has 1 aliphatic heterocycles. The largest absolute Gasteiger partial charge is 0.362 e. The van der Waals surface area contributed by atoms with Gasteiger partial charge in [0.25, 0.3) is 0 Å². The van der Waals surface area contributed by atoms with Crippen LogP contribution in [-0.4, -0.2) is 20.9 Å². The highest BCUT2D eigenvalue weighted by atomic mass is 79.9. The molecule has 3 fully saturated rings. The number of ether oxygens (including phenoxy) is 1. The Hall–Kier alpha value is 0.920. The second kappa shape index (κ2) is 2.29. The standard InChI is InChI=1S/C9H12Br2O/c10-6-4-8-2-1-3-9(8,12-8)5-7(6)11/h6-7H,1-5H2. The van der Waals surface area contributed by atoms with E-state index in [0.29, 0.717) is 20.9 Å². The predicted octanol–water partition coefficient (Wildman–Crippen LogP) is 3.00. The average molecular weight is 296 g/mol. The summed E-state index contributed by atoms with van der Waals surface area (Å²) in [5, 5.41) is 0. The van der Waals surface area contributed by atoms with Gasteiger partial charge in [0, 0.05) is 9.65 Å². The Morgan fingerprint density at radius 1 is 1.00 bits per heavy atom. The smallest absolute Gasteiger partial charge is 0.0991 e. The van der Waals surface area contributed by atoms with Crippen LogP contribution in [-0.2, 0) is 4.74 Å². The molecule has 0 spiro atoms. The van der Waals surface area contributed by atoms with E-state index in [0.717, 1.165) is 0 Å². The second-order valence-corrected chi connectivity index (χ2v) is 6.74. The zero-order valence-electron chi connectivity index (χ0n) is 6.85. The Morgan fingerprint density at radius 3 is 2.00 bits per heavy atom. The molecule has 3 aliphatic rings. The fourth-order valence-electron chi connectivity index (χ4n) is 3.11. The molecule has 2 aliphatic carbocycles. The van der Waals surface area contributed by atoms with Crippen molar-refractivity contribution in [1.29, 1.82) is 0 Å². The van der Waals surface area contributed by atoms with Crippen LogP contribution in [0.3, 0.4) is 0 Å². The predicted molar refractivity (Wildman–Crippen MR) is 55.1 cm³/mol. The van der Waals surface area contributed by atoms with Gasteiger partial charge in [-0.05, 0) is 32.1 Å². The minimum atomic E-state index is 0.311. The van der Waals surface area contributed by atoms with Crippen molar-refractivity contribution in [2.75, 3.05) is 0 Å². The quantitative estimate of drug-likeness (QED) is 0.494. The Kier molecular flexibility index (Phi) is 1.57. The normalized spacial score (nSPS) is 62.5. The number of alkyl halides is 2. The van der Waals surface area contributed by atoms with E-state index in [1.54, 1.807) is 0 Å². The SMILES string of the molecule is BrC1CC23CCCC2(CC1Br)O3. The Labute approximate surface area is 89.5 Å². The molecule has 0 N–H and O–H groups in total. The zero-order valence-corrected chi connectivity index (χ0v) is 10.0. The van der Waals surface area contributed by atoms with Crippen LogP contribution in [0.5, 0.6) is 0 Å². The van der Waals surface area contributed by atoms with Crippen LogP contribution in [0, 0.1) is 0 Å². The van der Waals surface area contributed by atoms with E-state index >= 15 is 0 Å². The van der Waals surface area contributed by atoms with E-state index in [1.165, 1.54) is 32.1 Å². The van der Waals surface area contributed by atoms with Crippen molar-refractivity contribution in [2.24, 2.45) is 0 Å². The van der Waals surface area contributed by atoms with E-state index in [9.17, 15) is 0 Å². The highest BCUT2D eigenvalue weighted by molar-refractivity contribution is 9.12. The van der Waals surface area contributed by atoms with Gasteiger partial charge in [-0.3, -0.25) is 0 Å². The molecule has 0 bridgehead atoms. The lowest BCUT2D eigenvalue weighted by atomic mass is 9.82. The van der Waals surface area contributed by atoms with Crippen LogP contribution in [0.1, 0.15) is 32.1 Å². The molecule has 0 aromatic rings. The summed E-state index contributed by atoms with van der Waals surface area (Å²) in [6.07, 6.45) is 6.40. The topological polar surface area (TPSA) is 12.5 Å². The van der Waals surface area contributed by atoms with Gasteiger partial charge >= 0.3 is 0 Å². The molecular formula is C9H12Br2O. The molecule has 68 valence electrons. The molecule has 1 heterocycles. The van der Waals surface area contributed by atoms with Crippen LogP contribution in [0.25, 0.3) is 0 Å². The van der Waals surface area contributed by atoms with Crippen LogP contribution < -0.4 is 0 Å². The Bertz CT molecular complexity index is 211. The van der Waals surface area contributed by atoms with Crippen LogP contribution in [0.2, 0.25) is 0 Å². The van der Waals surface area contributed by atoms with Gasteiger partial charge in [0.2, 0.25) is 0 Å². The third-order valence-corrected chi connectivity index (χ3v) is 6.42. The number of epoxide rings is 1. The summed E-state index contributed by atoms with van der Waals surface area (Å²) < 4.78 is 5.97. The van der Waals surface area contributed by atoms with E-state index < -0.39 is 0 Å². The third kappa shape index (κ3) is 0.833. The van der Waals surface area contributed by atoms with E-state index in [4.69, 9.17) is 4.74 Å². The Morgan fingerprint density at radius 2 is 1.50 bits per heavy atom. The highest BCUT2D eigenvalue weighted by Crippen LogP contribution is 2.67. The van der Waals surface area contributed by atoms with Gasteiger partial charge in [-0.25, -0.2) is 0 Å². The van der Waals surface area contributed by atoms with E-state index in [1.807, 2.05) is 0 Å². The number of rotatable bonds is 0. The highest BCUT2D eigenvalue weighted by Gasteiger charge is 2.74. The van der Waals surface area contributed by atoms with Crippen molar-refractivity contribution in [3.05, 3.63) is 0 Å². The first-order valence-corrected chi connectivity index (χ1v) is 6.49. The maximum Gasteiger partial charge on any atom is 0.0991 e. The van der Waals surface area contributed by atoms with Crippen molar-refractivity contribution in [3.63, 3.8) is 0 Å². The van der Waals surface area contributed by atoms with Gasteiger partial charge in [0.05, 0.1) is 11.2 Å². The maximum atomic E-state index is 5.97. The van der Waals surface area contributed by atoms with Crippen molar-refractivity contribution in [1.82, 2.24) is 0 Å². The summed E-state index contributed by atoms with van der Waals surface area (Å²) >= 11 is 7.44. The molecule has 0 amide bonds. The molecule has 0 radical (unpaired) electrons. The zero-order chi connectivity index (χ0) is 8.40. The van der Waals surface area contributed by atoms with Crippen LogP contribution >= 0.6 is 31.9 Å². The lowest BCUT2D eigenvalue weighted by Crippen LogP contribution is -2.36. The van der Waals surface area contributed by atoms with Gasteiger partial charge in [-0.1, -0.05) is 31.9 Å². The summed E-state index contributed by atoms with van der Waals surface area (Å²) in [5.74, 6) is 0. The molecule has 2 saturated carbocycles.